The maximum Gasteiger partial charge on any atom is 0.417 e. The Balaban J connectivity index is 1.32. The van der Waals surface area contributed by atoms with Crippen LogP contribution >= 0.6 is 46.7 Å². The van der Waals surface area contributed by atoms with Crippen molar-refractivity contribution in [1.82, 2.24) is 0 Å². The maximum atomic E-state index is 15.9. The summed E-state index contributed by atoms with van der Waals surface area (Å²) in [6.07, 6.45) is -7.55. The fourth-order valence-corrected chi connectivity index (χ4v) is 11.6. The van der Waals surface area contributed by atoms with Gasteiger partial charge in [0.05, 0.1) is 11.1 Å². The second kappa shape index (κ2) is 20.5. The molecule has 0 amide bonds. The van der Waals surface area contributed by atoms with E-state index in [1.165, 1.54) is 23.9 Å². The molecule has 0 saturated heterocycles. The lowest BCUT2D eigenvalue weighted by atomic mass is 9.78. The van der Waals surface area contributed by atoms with E-state index in [1.54, 1.807) is 48.2 Å². The highest BCUT2D eigenvalue weighted by molar-refractivity contribution is 7.99. The average molecular weight is 1070 g/mol. The van der Waals surface area contributed by atoms with Crippen molar-refractivity contribution in [1.29, 1.82) is 0 Å². The zero-order chi connectivity index (χ0) is 52.0. The van der Waals surface area contributed by atoms with Gasteiger partial charge in [0.1, 0.15) is 0 Å². The molecule has 0 heterocycles. The molecule has 11 aromatic rings. The molecule has 0 fully saturated rings. The van der Waals surface area contributed by atoms with Gasteiger partial charge in [-0.15, -0.1) is 11.8 Å². The smallest absolute Gasteiger partial charge is 0.166 e. The summed E-state index contributed by atoms with van der Waals surface area (Å²) in [5.74, 6) is 0. The van der Waals surface area contributed by atoms with Crippen LogP contribution < -0.4 is 0 Å². The molecule has 0 aliphatic rings. The molecule has 75 heavy (non-hydrogen) atoms. The normalized spacial score (nSPS) is 11.9. The highest BCUT2D eigenvalue weighted by Gasteiger charge is 2.37. The molecule has 367 valence electrons. The maximum absolute atomic E-state index is 15.9. The van der Waals surface area contributed by atoms with E-state index in [0.29, 0.717) is 76.3 Å². The third-order valence-corrected chi connectivity index (χ3v) is 15.6. The first-order valence-corrected chi connectivity index (χ1v) is 26.5. The fourth-order valence-electron chi connectivity index (χ4n) is 9.98. The van der Waals surface area contributed by atoms with E-state index >= 15 is 13.2 Å². The Morgan fingerprint density at radius 3 is 1.75 bits per heavy atom. The zero-order valence-corrected chi connectivity index (χ0v) is 42.8. The van der Waals surface area contributed by atoms with Gasteiger partial charge >= 0.3 is 12.4 Å². The van der Waals surface area contributed by atoms with Crippen LogP contribution in [0.5, 0.6) is 0 Å². The molecule has 0 aliphatic carbocycles. The molecule has 0 aromatic heterocycles. The van der Waals surface area contributed by atoms with Crippen molar-refractivity contribution in [3.05, 3.63) is 246 Å². The van der Waals surface area contributed by atoms with Crippen molar-refractivity contribution >= 4 is 68.3 Å². The second-order valence-electron chi connectivity index (χ2n) is 17.9. The number of hydrogen-bond donors (Lipinski definition) is 0. The third kappa shape index (κ3) is 9.96. The van der Waals surface area contributed by atoms with Gasteiger partial charge in [-0.25, -0.2) is 0 Å². The van der Waals surface area contributed by atoms with Gasteiger partial charge in [-0.05, 0) is 185 Å². The van der Waals surface area contributed by atoms with Crippen molar-refractivity contribution in [2.24, 2.45) is 0 Å². The number of fused-ring (bicyclic) bond motifs is 2. The largest absolute Gasteiger partial charge is 0.417 e. The van der Waals surface area contributed by atoms with Crippen molar-refractivity contribution in [3.8, 4) is 77.9 Å². The van der Waals surface area contributed by atoms with Crippen molar-refractivity contribution in [2.45, 2.75) is 27.0 Å². The fraction of sp³-hybridized carbons (Fsp3) is 0.0462. The van der Waals surface area contributed by atoms with E-state index in [-0.39, 0.29) is 22.3 Å². The minimum absolute atomic E-state index is 0.0918. The van der Waals surface area contributed by atoms with Crippen LogP contribution in [0, 0.1) is 6.07 Å². The second-order valence-corrected chi connectivity index (χ2v) is 20.8. The van der Waals surface area contributed by atoms with Crippen molar-refractivity contribution in [3.63, 3.8) is 0 Å². The summed E-state index contributed by atoms with van der Waals surface area (Å²) < 4.78 is 92.7. The van der Waals surface area contributed by atoms with E-state index in [9.17, 15) is 13.2 Å². The van der Waals surface area contributed by atoms with Crippen molar-refractivity contribution < 1.29 is 26.3 Å². The van der Waals surface area contributed by atoms with Crippen LogP contribution in [0.25, 0.3) is 99.4 Å². The molecule has 0 N–H and O–H groups in total. The number of thioether (sulfide) groups is 1. The molecule has 11 aromatic carbocycles. The number of alkyl halides is 6. The summed E-state index contributed by atoms with van der Waals surface area (Å²) in [5.41, 5.74) is 4.56. The SMILES string of the molecule is CSc1ccc(-c2cc(Cl)ccc2-c2c(-c3cccc(C(F)(F)F)c3-c3ccc(Sc4ccccc4)cc3)[c]c(-c3ccc(C(F)(F)F)cc3-c3cccc4ccccc34)c3cccc(-c4cccc(Cl)c4)c23)cc1. The lowest BCUT2D eigenvalue weighted by Gasteiger charge is -2.25. The number of rotatable bonds is 10. The Morgan fingerprint density at radius 2 is 1.00 bits per heavy atom. The molecule has 1 radical (unpaired) electrons. The van der Waals surface area contributed by atoms with Gasteiger partial charge in [0.15, 0.2) is 0 Å². The van der Waals surface area contributed by atoms with E-state index in [4.69, 9.17) is 23.2 Å². The molecular weight excluding hydrogens is 1030 g/mol. The Labute approximate surface area is 448 Å². The van der Waals surface area contributed by atoms with E-state index in [1.807, 2.05) is 158 Å². The van der Waals surface area contributed by atoms with E-state index in [2.05, 4.69) is 6.07 Å². The molecule has 0 spiro atoms. The van der Waals surface area contributed by atoms with Crippen LogP contribution in [0.2, 0.25) is 10.0 Å². The lowest BCUT2D eigenvalue weighted by molar-refractivity contribution is -0.138. The van der Waals surface area contributed by atoms with Crippen LogP contribution in [-0.4, -0.2) is 6.26 Å². The van der Waals surface area contributed by atoms with Crippen LogP contribution in [0.4, 0.5) is 26.3 Å². The van der Waals surface area contributed by atoms with E-state index < -0.39 is 23.5 Å². The first kappa shape index (κ1) is 50.0. The first-order valence-electron chi connectivity index (χ1n) is 23.7. The minimum Gasteiger partial charge on any atom is -0.166 e. The quantitative estimate of drug-likeness (QED) is 0.0989. The molecule has 0 aliphatic heterocycles. The molecule has 0 bridgehead atoms. The van der Waals surface area contributed by atoms with Gasteiger partial charge in [-0.3, -0.25) is 0 Å². The predicted molar refractivity (Wildman–Crippen MR) is 301 cm³/mol. The van der Waals surface area contributed by atoms with Gasteiger partial charge in [-0.2, -0.15) is 26.3 Å². The summed E-state index contributed by atoms with van der Waals surface area (Å²) in [7, 11) is 0. The Kier molecular flexibility index (Phi) is 13.7. The average Bonchev–Trinajstić information content (AvgIpc) is 3.43. The number of benzene rings is 11. The Hall–Kier alpha value is -7.20. The Morgan fingerprint density at radius 1 is 0.387 bits per heavy atom. The van der Waals surface area contributed by atoms with Gasteiger partial charge in [0.2, 0.25) is 0 Å². The molecule has 0 unspecified atom stereocenters. The monoisotopic (exact) mass is 1070 g/mol. The summed E-state index contributed by atoms with van der Waals surface area (Å²) in [5, 5.41) is 3.60. The van der Waals surface area contributed by atoms with Crippen LogP contribution in [0.1, 0.15) is 11.1 Å². The first-order chi connectivity index (χ1) is 36.2. The molecular formula is C65H39Cl2F6S2. The van der Waals surface area contributed by atoms with Crippen LogP contribution in [-0.2, 0) is 12.4 Å². The van der Waals surface area contributed by atoms with Gasteiger partial charge in [-0.1, -0.05) is 174 Å². The molecule has 0 saturated carbocycles. The number of hydrogen-bond acceptors (Lipinski definition) is 2. The highest BCUT2D eigenvalue weighted by Crippen LogP contribution is 2.54. The predicted octanol–water partition coefficient (Wildman–Crippen LogP) is 21.7. The van der Waals surface area contributed by atoms with Crippen LogP contribution in [0.3, 0.4) is 0 Å². The summed E-state index contributed by atoms with van der Waals surface area (Å²) in [6, 6.07) is 67.7. The van der Waals surface area contributed by atoms with Gasteiger partial charge in [0.25, 0.3) is 0 Å². The van der Waals surface area contributed by atoms with Gasteiger partial charge in [0, 0.05) is 30.3 Å². The third-order valence-electron chi connectivity index (χ3n) is 13.3. The topological polar surface area (TPSA) is 0 Å². The molecule has 0 nitrogen and oxygen atoms in total. The molecule has 10 heteroatoms. The summed E-state index contributed by atoms with van der Waals surface area (Å²) >= 11 is 16.8. The minimum atomic E-state index is -4.83. The zero-order valence-electron chi connectivity index (χ0n) is 39.6. The lowest BCUT2D eigenvalue weighted by Crippen LogP contribution is -2.08. The molecule has 0 atom stereocenters. The Bertz CT molecular complexity index is 3940. The van der Waals surface area contributed by atoms with E-state index in [0.717, 1.165) is 43.8 Å². The standard InChI is InChI=1S/C65H39Cl2F6S2/c1-74-46-29-23-40(24-30-46)56-37-45(67)28-34-55(56)63-59(54-21-10-22-60(65(71,72)73)61(54)41-25-31-48(32-26-41)75-47-15-3-2-4-16-47)38-58(53-20-9-18-50(62(53)63)42-13-7-14-44(66)35-42)52-33-27-43(64(68,69)70)36-57(52)51-19-8-12-39-11-5-6-17-49(39)51/h2-37H,1H3. The highest BCUT2D eigenvalue weighted by atomic mass is 35.5. The van der Waals surface area contributed by atoms with Crippen molar-refractivity contribution in [2.75, 3.05) is 6.26 Å². The van der Waals surface area contributed by atoms with Crippen LogP contribution in [0.15, 0.2) is 233 Å². The number of halogens is 8. The summed E-state index contributed by atoms with van der Waals surface area (Å²) in [6.45, 7) is 0. The molecule has 11 rings (SSSR count). The summed E-state index contributed by atoms with van der Waals surface area (Å²) in [4.78, 5) is 2.81. The van der Waals surface area contributed by atoms with Gasteiger partial charge < -0.3 is 0 Å².